The lowest BCUT2D eigenvalue weighted by Gasteiger charge is -2.14. The minimum atomic E-state index is 0.578. The average Bonchev–Trinajstić information content (AvgIpc) is 3.88. The van der Waals surface area contributed by atoms with Crippen molar-refractivity contribution in [3.63, 3.8) is 0 Å². The molecule has 5 nitrogen and oxygen atoms in total. The molecule has 0 saturated heterocycles. The predicted molar refractivity (Wildman–Crippen MR) is 256 cm³/mol. The second-order valence-electron chi connectivity index (χ2n) is 16.0. The maximum atomic E-state index is 6.70. The Kier molecular flexibility index (Phi) is 7.54. The largest absolute Gasteiger partial charge is 0.456 e. The Morgan fingerprint density at radius 3 is 1.76 bits per heavy atom. The van der Waals surface area contributed by atoms with Crippen LogP contribution in [0.5, 0.6) is 0 Å². The van der Waals surface area contributed by atoms with Crippen molar-refractivity contribution < 1.29 is 4.42 Å². The van der Waals surface area contributed by atoms with Gasteiger partial charge < -0.3 is 8.98 Å². The number of fused-ring (bicyclic) bond motifs is 10. The quantitative estimate of drug-likeness (QED) is 0.174. The van der Waals surface area contributed by atoms with Gasteiger partial charge in [-0.05, 0) is 92.0 Å². The summed E-state index contributed by atoms with van der Waals surface area (Å²) in [6.07, 6.45) is 0. The first-order valence-electron chi connectivity index (χ1n) is 20.9. The molecule has 0 N–H and O–H groups in total. The second kappa shape index (κ2) is 13.6. The molecule has 0 aliphatic heterocycles. The first kappa shape index (κ1) is 34.5. The van der Waals surface area contributed by atoms with Crippen molar-refractivity contribution in [1.29, 1.82) is 0 Å². The zero-order valence-electron chi connectivity index (χ0n) is 33.3. The van der Waals surface area contributed by atoms with E-state index in [2.05, 4.69) is 193 Å². The zero-order chi connectivity index (χ0) is 40.7. The van der Waals surface area contributed by atoms with Crippen LogP contribution < -0.4 is 0 Å². The molecule has 5 heteroatoms. The van der Waals surface area contributed by atoms with Crippen LogP contribution in [0.3, 0.4) is 0 Å². The van der Waals surface area contributed by atoms with Crippen LogP contribution in [0, 0.1) is 0 Å². The summed E-state index contributed by atoms with van der Waals surface area (Å²) in [7, 11) is 0. The zero-order valence-corrected chi connectivity index (χ0v) is 33.3. The predicted octanol–water partition coefficient (Wildman–Crippen LogP) is 15.0. The number of aromatic nitrogens is 4. The lowest BCUT2D eigenvalue weighted by molar-refractivity contribution is 0.669. The van der Waals surface area contributed by atoms with Crippen LogP contribution in [0.25, 0.3) is 127 Å². The van der Waals surface area contributed by atoms with E-state index in [1.807, 2.05) is 18.2 Å². The topological polar surface area (TPSA) is 56.7 Å². The van der Waals surface area contributed by atoms with Crippen molar-refractivity contribution >= 4 is 76.1 Å². The van der Waals surface area contributed by atoms with E-state index in [0.717, 1.165) is 88.0 Å². The molecule has 0 amide bonds. The average molecular weight is 791 g/mol. The highest BCUT2D eigenvalue weighted by Gasteiger charge is 2.21. The molecule has 13 aromatic rings. The SMILES string of the molecule is c1ccc(-c2ccc(-c3nc(-c4ccc5ccccc5c4)nc(-c4cc5oc6ccccc6c5c5cc(-n6c7ccccc7c7cc8ccccc8cc76)ccc45)n3)cc2)cc1. The summed E-state index contributed by atoms with van der Waals surface area (Å²) in [5, 5.41) is 11.4. The third-order valence-electron chi connectivity index (χ3n) is 12.4. The third kappa shape index (κ3) is 5.45. The van der Waals surface area contributed by atoms with E-state index >= 15 is 0 Å². The molecule has 0 radical (unpaired) electrons. The van der Waals surface area contributed by atoms with Crippen LogP contribution in [0.2, 0.25) is 0 Å². The molecule has 3 aromatic heterocycles. The van der Waals surface area contributed by atoms with Crippen LogP contribution in [-0.4, -0.2) is 19.5 Å². The Hall–Kier alpha value is -8.41. The van der Waals surface area contributed by atoms with Gasteiger partial charge in [0.2, 0.25) is 0 Å². The Labute approximate surface area is 355 Å². The summed E-state index contributed by atoms with van der Waals surface area (Å²) in [6.45, 7) is 0. The standard InChI is InChI=1S/C57H34N4O/c1-2-12-35(13-3-1)37-22-25-38(26-23-37)55-58-56(42-27-24-36-14-4-5-15-39(36)30-42)60-57(59-55)49-34-53-54(46-19-9-11-21-52(46)62-53)48-33-43(28-29-44(48)49)61-50-20-10-8-18-45(50)47-31-40-16-6-7-17-41(40)32-51(47)61/h1-34H. The number of nitrogens with zero attached hydrogens (tertiary/aromatic N) is 4. The molecule has 62 heavy (non-hydrogen) atoms. The van der Waals surface area contributed by atoms with Gasteiger partial charge in [0.05, 0.1) is 11.0 Å². The molecule has 0 fully saturated rings. The molecule has 0 aliphatic carbocycles. The minimum absolute atomic E-state index is 0.578. The summed E-state index contributed by atoms with van der Waals surface area (Å²) < 4.78 is 9.10. The van der Waals surface area contributed by atoms with Gasteiger partial charge in [-0.2, -0.15) is 0 Å². The van der Waals surface area contributed by atoms with E-state index in [9.17, 15) is 0 Å². The number of para-hydroxylation sites is 2. The van der Waals surface area contributed by atoms with Crippen LogP contribution >= 0.6 is 0 Å². The van der Waals surface area contributed by atoms with E-state index in [0.29, 0.717) is 17.5 Å². The molecule has 0 bridgehead atoms. The van der Waals surface area contributed by atoms with Crippen molar-refractivity contribution in [2.75, 3.05) is 0 Å². The third-order valence-corrected chi connectivity index (χ3v) is 12.4. The van der Waals surface area contributed by atoms with Crippen LogP contribution in [0.15, 0.2) is 211 Å². The fraction of sp³-hybridized carbons (Fsp3) is 0. The summed E-state index contributed by atoms with van der Waals surface area (Å²) in [5.74, 6) is 1.79. The molecule has 0 spiro atoms. The Morgan fingerprint density at radius 2 is 0.935 bits per heavy atom. The minimum Gasteiger partial charge on any atom is -0.456 e. The fourth-order valence-corrected chi connectivity index (χ4v) is 9.41. The van der Waals surface area contributed by atoms with Crippen molar-refractivity contribution in [2.24, 2.45) is 0 Å². The summed E-state index contributed by atoms with van der Waals surface area (Å²) in [6, 6.07) is 72.8. The summed E-state index contributed by atoms with van der Waals surface area (Å²) in [5.41, 5.74) is 9.99. The molecule has 0 atom stereocenters. The van der Waals surface area contributed by atoms with Crippen molar-refractivity contribution in [2.45, 2.75) is 0 Å². The molecule has 3 heterocycles. The van der Waals surface area contributed by atoms with Crippen LogP contribution in [0.1, 0.15) is 0 Å². The van der Waals surface area contributed by atoms with E-state index in [1.165, 1.54) is 21.5 Å². The molecule has 10 aromatic carbocycles. The van der Waals surface area contributed by atoms with E-state index in [-0.39, 0.29) is 0 Å². The molecular weight excluding hydrogens is 757 g/mol. The molecular formula is C57H34N4O. The van der Waals surface area contributed by atoms with Gasteiger partial charge in [-0.3, -0.25) is 0 Å². The highest BCUT2D eigenvalue weighted by molar-refractivity contribution is 6.22. The number of benzene rings is 10. The van der Waals surface area contributed by atoms with Gasteiger partial charge >= 0.3 is 0 Å². The lowest BCUT2D eigenvalue weighted by atomic mass is 9.97. The van der Waals surface area contributed by atoms with Gasteiger partial charge in [0.25, 0.3) is 0 Å². The first-order valence-corrected chi connectivity index (χ1v) is 20.9. The van der Waals surface area contributed by atoms with Gasteiger partial charge in [0, 0.05) is 43.9 Å². The Morgan fingerprint density at radius 1 is 0.323 bits per heavy atom. The molecule has 0 aliphatic rings. The van der Waals surface area contributed by atoms with Crippen LogP contribution in [-0.2, 0) is 0 Å². The smallest absolute Gasteiger partial charge is 0.164 e. The lowest BCUT2D eigenvalue weighted by Crippen LogP contribution is -2.01. The molecule has 0 saturated carbocycles. The number of furan rings is 1. The van der Waals surface area contributed by atoms with E-state index in [1.54, 1.807) is 0 Å². The first-order chi connectivity index (χ1) is 30.7. The normalized spacial score (nSPS) is 11.9. The summed E-state index contributed by atoms with van der Waals surface area (Å²) >= 11 is 0. The van der Waals surface area contributed by atoms with Crippen LogP contribution in [0.4, 0.5) is 0 Å². The number of rotatable bonds is 5. The van der Waals surface area contributed by atoms with Crippen molar-refractivity contribution in [3.8, 4) is 51.0 Å². The van der Waals surface area contributed by atoms with E-state index in [4.69, 9.17) is 19.4 Å². The molecule has 0 unspecified atom stereocenters. The summed E-state index contributed by atoms with van der Waals surface area (Å²) in [4.78, 5) is 15.7. The van der Waals surface area contributed by atoms with Gasteiger partial charge in [-0.1, -0.05) is 158 Å². The second-order valence-corrected chi connectivity index (χ2v) is 16.0. The van der Waals surface area contributed by atoms with Gasteiger partial charge in [0.15, 0.2) is 17.5 Å². The molecule has 288 valence electrons. The maximum absolute atomic E-state index is 6.70. The van der Waals surface area contributed by atoms with Crippen molar-refractivity contribution in [1.82, 2.24) is 19.5 Å². The molecule has 13 rings (SSSR count). The van der Waals surface area contributed by atoms with Gasteiger partial charge in [0.1, 0.15) is 11.2 Å². The highest BCUT2D eigenvalue weighted by Crippen LogP contribution is 2.42. The van der Waals surface area contributed by atoms with Gasteiger partial charge in [-0.15, -0.1) is 0 Å². The van der Waals surface area contributed by atoms with Gasteiger partial charge in [-0.25, -0.2) is 15.0 Å². The number of hydrogen-bond acceptors (Lipinski definition) is 4. The maximum Gasteiger partial charge on any atom is 0.164 e. The highest BCUT2D eigenvalue weighted by atomic mass is 16.3. The Balaban J connectivity index is 1.07. The van der Waals surface area contributed by atoms with E-state index < -0.39 is 0 Å². The fourth-order valence-electron chi connectivity index (χ4n) is 9.41. The number of hydrogen-bond donors (Lipinski definition) is 0. The monoisotopic (exact) mass is 790 g/mol. The Bertz CT molecular complexity index is 3920. The van der Waals surface area contributed by atoms with Crippen molar-refractivity contribution in [3.05, 3.63) is 206 Å².